The van der Waals surface area contributed by atoms with Crippen molar-refractivity contribution in [3.05, 3.63) is 16.7 Å². The average molecular weight is 249 g/mol. The van der Waals surface area contributed by atoms with Crippen LogP contribution in [-0.4, -0.2) is 20.8 Å². The maximum atomic E-state index is 6.23. The molecule has 0 saturated heterocycles. The molecule has 0 radical (unpaired) electrons. The summed E-state index contributed by atoms with van der Waals surface area (Å²) in [6.45, 7) is 1.94. The fourth-order valence-electron chi connectivity index (χ4n) is 1.59. The highest BCUT2D eigenvalue weighted by molar-refractivity contribution is 7.00. The van der Waals surface area contributed by atoms with Crippen LogP contribution in [0.4, 0.5) is 11.4 Å². The van der Waals surface area contributed by atoms with Gasteiger partial charge >= 0.3 is 0 Å². The summed E-state index contributed by atoms with van der Waals surface area (Å²) in [7, 11) is 0. The monoisotopic (exact) mass is 248 g/mol. The Kier molecular flexibility index (Phi) is 2.11. The van der Waals surface area contributed by atoms with E-state index in [1.165, 1.54) is 0 Å². The van der Waals surface area contributed by atoms with Gasteiger partial charge in [0.05, 0.1) is 22.4 Å². The zero-order valence-corrected chi connectivity index (χ0v) is 9.80. The first-order valence-corrected chi connectivity index (χ1v) is 5.66. The molecule has 78 valence electrons. The van der Waals surface area contributed by atoms with Gasteiger partial charge in [0.25, 0.3) is 0 Å². The van der Waals surface area contributed by atoms with Crippen molar-refractivity contribution in [2.45, 2.75) is 6.92 Å². The van der Waals surface area contributed by atoms with Gasteiger partial charge in [-0.1, -0.05) is 11.6 Å². The summed E-state index contributed by atoms with van der Waals surface area (Å²) in [4.78, 5) is 8.44. The van der Waals surface area contributed by atoms with Crippen LogP contribution in [0.5, 0.6) is 0 Å². The second-order valence-electron chi connectivity index (χ2n) is 3.28. The van der Waals surface area contributed by atoms with Gasteiger partial charge in [0.15, 0.2) is 0 Å². The lowest BCUT2D eigenvalue weighted by Gasteiger charge is -2.05. The van der Waals surface area contributed by atoms with Gasteiger partial charge in [-0.05, 0) is 12.8 Å². The summed E-state index contributed by atoms with van der Waals surface area (Å²) >= 11 is 7.37. The lowest BCUT2D eigenvalue weighted by Crippen LogP contribution is -1.82. The van der Waals surface area contributed by atoms with E-state index < -0.39 is 0 Å². The Bertz CT molecular complexity index is 680. The summed E-state index contributed by atoms with van der Waals surface area (Å²) in [5.41, 5.74) is 3.78. The van der Waals surface area contributed by atoms with E-state index in [0.717, 1.165) is 28.5 Å². The highest BCUT2D eigenvalue weighted by Crippen LogP contribution is 2.43. The predicted octanol–water partition coefficient (Wildman–Crippen LogP) is 3.23. The Hall–Kier alpha value is -1.55. The number of hydrogen-bond donors (Lipinski definition) is 0. The van der Waals surface area contributed by atoms with Crippen molar-refractivity contribution in [3.8, 4) is 0 Å². The largest absolute Gasteiger partial charge is 0.253 e. The van der Waals surface area contributed by atoms with Crippen LogP contribution in [0.1, 0.15) is 5.56 Å². The molecule has 2 heterocycles. The van der Waals surface area contributed by atoms with Gasteiger partial charge in [-0.3, -0.25) is 4.99 Å². The Labute approximate surface area is 100 Å². The van der Waals surface area contributed by atoms with Crippen LogP contribution in [0.3, 0.4) is 0 Å². The number of rotatable bonds is 0. The Morgan fingerprint density at radius 1 is 1.25 bits per heavy atom. The lowest BCUT2D eigenvalue weighted by molar-refractivity contribution is 1.40. The van der Waals surface area contributed by atoms with Crippen molar-refractivity contribution in [3.63, 3.8) is 0 Å². The second kappa shape index (κ2) is 3.49. The molecule has 16 heavy (non-hydrogen) atoms. The van der Waals surface area contributed by atoms with Crippen LogP contribution in [0.25, 0.3) is 11.0 Å². The minimum Gasteiger partial charge on any atom is -0.253 e. The Balaban J connectivity index is 2.55. The number of aromatic nitrogens is 2. The molecular formula is C10H5ClN4S. The number of benzene rings is 1. The van der Waals surface area contributed by atoms with Gasteiger partial charge in [0.1, 0.15) is 16.7 Å². The number of hydrogen-bond acceptors (Lipinski definition) is 5. The summed E-state index contributed by atoms with van der Waals surface area (Å²) in [6.07, 6.45) is 3.29. The molecule has 0 spiro atoms. The molecule has 4 nitrogen and oxygen atoms in total. The molecular weight excluding hydrogens is 244 g/mol. The Morgan fingerprint density at radius 2 is 2.06 bits per heavy atom. The topological polar surface area (TPSA) is 50.5 Å². The smallest absolute Gasteiger partial charge is 0.126 e. The van der Waals surface area contributed by atoms with Crippen molar-refractivity contribution >= 4 is 57.8 Å². The molecule has 1 aromatic carbocycles. The SMILES string of the molecule is Cc1c2c(c(Cl)c3nsnc13)N=C=CC=N2. The van der Waals surface area contributed by atoms with E-state index in [2.05, 4.69) is 24.6 Å². The normalized spacial score (nSPS) is 13.1. The zero-order chi connectivity index (χ0) is 11.1. The van der Waals surface area contributed by atoms with E-state index in [0.29, 0.717) is 16.2 Å². The molecule has 0 N–H and O–H groups in total. The first kappa shape index (κ1) is 9.66. The molecule has 1 aliphatic heterocycles. The van der Waals surface area contributed by atoms with Gasteiger partial charge in [-0.25, -0.2) is 4.99 Å². The maximum Gasteiger partial charge on any atom is 0.126 e. The highest BCUT2D eigenvalue weighted by atomic mass is 35.5. The van der Waals surface area contributed by atoms with Crippen molar-refractivity contribution in [1.82, 2.24) is 8.75 Å². The Morgan fingerprint density at radius 3 is 2.94 bits per heavy atom. The van der Waals surface area contributed by atoms with Crippen molar-refractivity contribution in [2.24, 2.45) is 9.98 Å². The third-order valence-corrected chi connectivity index (χ3v) is 3.25. The maximum absolute atomic E-state index is 6.23. The van der Waals surface area contributed by atoms with Crippen LogP contribution in [0, 0.1) is 6.92 Å². The van der Waals surface area contributed by atoms with E-state index in [1.54, 1.807) is 12.3 Å². The van der Waals surface area contributed by atoms with Crippen molar-refractivity contribution in [1.29, 1.82) is 0 Å². The minimum atomic E-state index is 0.490. The van der Waals surface area contributed by atoms with E-state index in [1.807, 2.05) is 6.92 Å². The number of aliphatic imine (C=N–C) groups is 2. The lowest BCUT2D eigenvalue weighted by atomic mass is 10.1. The number of fused-ring (bicyclic) bond motifs is 2. The fourth-order valence-corrected chi connectivity index (χ4v) is 2.51. The number of aryl methyl sites for hydroxylation is 1. The van der Waals surface area contributed by atoms with E-state index in [4.69, 9.17) is 11.6 Å². The molecule has 6 heteroatoms. The fraction of sp³-hybridized carbons (Fsp3) is 0.100. The third-order valence-electron chi connectivity index (χ3n) is 2.37. The van der Waals surface area contributed by atoms with E-state index >= 15 is 0 Å². The first-order valence-electron chi connectivity index (χ1n) is 4.55. The van der Waals surface area contributed by atoms with Crippen molar-refractivity contribution < 1.29 is 0 Å². The molecule has 0 saturated carbocycles. The number of nitrogens with zero attached hydrogens (tertiary/aromatic N) is 4. The summed E-state index contributed by atoms with van der Waals surface area (Å²) < 4.78 is 8.38. The third kappa shape index (κ3) is 1.23. The quantitative estimate of drug-likeness (QED) is 0.719. The van der Waals surface area contributed by atoms with Crippen LogP contribution < -0.4 is 0 Å². The van der Waals surface area contributed by atoms with E-state index in [-0.39, 0.29) is 0 Å². The molecule has 0 bridgehead atoms. The van der Waals surface area contributed by atoms with Gasteiger partial charge in [-0.2, -0.15) is 8.75 Å². The molecule has 0 amide bonds. The average Bonchev–Trinajstić information content (AvgIpc) is 2.64. The van der Waals surface area contributed by atoms with Crippen LogP contribution >= 0.6 is 23.3 Å². The van der Waals surface area contributed by atoms with Gasteiger partial charge in [0, 0.05) is 17.9 Å². The second-order valence-corrected chi connectivity index (χ2v) is 4.19. The molecule has 1 aromatic heterocycles. The minimum absolute atomic E-state index is 0.490. The van der Waals surface area contributed by atoms with Crippen LogP contribution in [-0.2, 0) is 0 Å². The predicted molar refractivity (Wildman–Crippen MR) is 67.0 cm³/mol. The summed E-state index contributed by atoms with van der Waals surface area (Å²) in [6, 6.07) is 0. The highest BCUT2D eigenvalue weighted by Gasteiger charge is 2.18. The van der Waals surface area contributed by atoms with Gasteiger partial charge < -0.3 is 0 Å². The molecule has 3 rings (SSSR count). The standard InChI is InChI=1S/C10H5ClN4S/c1-5-7-9(13-4-2-3-12-7)6(11)10-8(5)14-16-15-10/h2-3H,1H3. The number of halogens is 1. The zero-order valence-electron chi connectivity index (χ0n) is 8.23. The van der Waals surface area contributed by atoms with E-state index in [9.17, 15) is 0 Å². The molecule has 0 unspecified atom stereocenters. The van der Waals surface area contributed by atoms with Crippen LogP contribution in [0.2, 0.25) is 5.02 Å². The van der Waals surface area contributed by atoms with Crippen LogP contribution in [0.15, 0.2) is 16.1 Å². The number of allylic oxidation sites excluding steroid dienone is 1. The summed E-state index contributed by atoms with van der Waals surface area (Å²) in [5, 5.41) is 0.490. The molecule has 0 aliphatic carbocycles. The molecule has 1 aliphatic rings. The van der Waals surface area contributed by atoms with Gasteiger partial charge in [0.2, 0.25) is 0 Å². The first-order chi connectivity index (χ1) is 7.79. The molecule has 0 fully saturated rings. The van der Waals surface area contributed by atoms with Crippen molar-refractivity contribution in [2.75, 3.05) is 0 Å². The molecule has 2 aromatic rings. The van der Waals surface area contributed by atoms with Gasteiger partial charge in [-0.15, -0.1) is 0 Å². The molecule has 0 atom stereocenters. The summed E-state index contributed by atoms with van der Waals surface area (Å²) in [5.74, 6) is 2.75.